The summed E-state index contributed by atoms with van der Waals surface area (Å²) < 4.78 is 0. The topological polar surface area (TPSA) is 17.1 Å². The molecule has 0 N–H and O–H groups in total. The Morgan fingerprint density at radius 1 is 1.12 bits per heavy atom. The van der Waals surface area contributed by atoms with Gasteiger partial charge in [-0.05, 0) is 24.3 Å². The van der Waals surface area contributed by atoms with Crippen molar-refractivity contribution in [2.24, 2.45) is 5.92 Å². The van der Waals surface area contributed by atoms with E-state index in [0.29, 0.717) is 11.7 Å². The molecule has 3 rings (SSSR count). The summed E-state index contributed by atoms with van der Waals surface area (Å²) in [4.78, 5) is 12.5. The third-order valence-corrected chi connectivity index (χ3v) is 4.56. The van der Waals surface area contributed by atoms with Gasteiger partial charge in [0, 0.05) is 6.42 Å². The van der Waals surface area contributed by atoms with Crippen LogP contribution in [0.25, 0.3) is 0 Å². The first-order valence-electron chi connectivity index (χ1n) is 6.90. The second-order valence-corrected chi connectivity index (χ2v) is 5.73. The summed E-state index contributed by atoms with van der Waals surface area (Å²) in [6, 6.07) is 10.4. The maximum atomic E-state index is 12.5. The van der Waals surface area contributed by atoms with E-state index in [0.717, 1.165) is 19.3 Å². The Morgan fingerprint density at radius 3 is 2.35 bits per heavy atom. The van der Waals surface area contributed by atoms with Crippen molar-refractivity contribution in [3.05, 3.63) is 35.9 Å². The lowest BCUT2D eigenvalue weighted by Gasteiger charge is -2.17. The first-order valence-corrected chi connectivity index (χ1v) is 6.90. The minimum Gasteiger partial charge on any atom is -0.299 e. The zero-order chi connectivity index (χ0) is 11.7. The lowest BCUT2D eigenvalue weighted by molar-refractivity contribution is -0.122. The van der Waals surface area contributed by atoms with Crippen LogP contribution in [0.4, 0.5) is 0 Å². The van der Waals surface area contributed by atoms with Gasteiger partial charge < -0.3 is 0 Å². The van der Waals surface area contributed by atoms with Crippen LogP contribution in [-0.4, -0.2) is 5.78 Å². The third kappa shape index (κ3) is 2.03. The second kappa shape index (κ2) is 4.29. The van der Waals surface area contributed by atoms with Gasteiger partial charge in [-0.25, -0.2) is 0 Å². The number of rotatable bonds is 4. The minimum absolute atomic E-state index is 0.0795. The maximum absolute atomic E-state index is 12.5. The summed E-state index contributed by atoms with van der Waals surface area (Å²) in [6.07, 6.45) is 8.18. The summed E-state index contributed by atoms with van der Waals surface area (Å²) in [5.74, 6) is 1.19. The average Bonchev–Trinajstić information content (AvgIpc) is 3.04. The van der Waals surface area contributed by atoms with E-state index < -0.39 is 0 Å². The largest absolute Gasteiger partial charge is 0.299 e. The summed E-state index contributed by atoms with van der Waals surface area (Å²) >= 11 is 0. The third-order valence-electron chi connectivity index (χ3n) is 4.56. The van der Waals surface area contributed by atoms with Gasteiger partial charge in [-0.3, -0.25) is 4.79 Å². The Kier molecular flexibility index (Phi) is 2.78. The molecule has 1 heteroatoms. The van der Waals surface area contributed by atoms with Crippen molar-refractivity contribution in [1.29, 1.82) is 0 Å². The fourth-order valence-electron chi connectivity index (χ4n) is 3.28. The monoisotopic (exact) mass is 228 g/mol. The molecule has 0 spiro atoms. The van der Waals surface area contributed by atoms with Crippen molar-refractivity contribution >= 4 is 5.78 Å². The van der Waals surface area contributed by atoms with E-state index in [4.69, 9.17) is 0 Å². The second-order valence-electron chi connectivity index (χ2n) is 5.73. The molecule has 0 saturated heterocycles. The van der Waals surface area contributed by atoms with E-state index in [2.05, 4.69) is 24.3 Å². The first-order chi connectivity index (χ1) is 8.31. The van der Waals surface area contributed by atoms with Crippen molar-refractivity contribution in [1.82, 2.24) is 0 Å². The fourth-order valence-corrected chi connectivity index (χ4v) is 3.28. The molecule has 2 aliphatic rings. The van der Waals surface area contributed by atoms with E-state index in [9.17, 15) is 4.79 Å². The highest BCUT2D eigenvalue weighted by Gasteiger charge is 2.50. The molecule has 2 saturated carbocycles. The Labute approximate surface area is 103 Å². The quantitative estimate of drug-likeness (QED) is 0.764. The summed E-state index contributed by atoms with van der Waals surface area (Å²) in [6.45, 7) is 0. The summed E-state index contributed by atoms with van der Waals surface area (Å²) in [7, 11) is 0. The molecule has 1 nitrogen and oxygen atoms in total. The molecule has 0 aliphatic heterocycles. The molecular formula is C16H20O. The van der Waals surface area contributed by atoms with E-state index in [1.807, 2.05) is 6.07 Å². The number of ketones is 1. The van der Waals surface area contributed by atoms with E-state index in [1.165, 1.54) is 31.2 Å². The van der Waals surface area contributed by atoms with E-state index in [-0.39, 0.29) is 5.41 Å². The predicted octanol–water partition coefficient (Wildman–Crippen LogP) is 3.87. The van der Waals surface area contributed by atoms with Crippen LogP contribution < -0.4 is 0 Å². The molecule has 90 valence electrons. The van der Waals surface area contributed by atoms with E-state index in [1.54, 1.807) is 0 Å². The zero-order valence-corrected chi connectivity index (χ0v) is 10.3. The van der Waals surface area contributed by atoms with Gasteiger partial charge in [0.15, 0.2) is 0 Å². The van der Waals surface area contributed by atoms with Crippen LogP contribution in [0.2, 0.25) is 0 Å². The van der Waals surface area contributed by atoms with Crippen molar-refractivity contribution in [3.63, 3.8) is 0 Å². The Balaban J connectivity index is 1.72. The maximum Gasteiger partial charge on any atom is 0.143 e. The summed E-state index contributed by atoms with van der Waals surface area (Å²) in [5, 5.41) is 0. The number of hydrogen-bond donors (Lipinski definition) is 0. The average molecular weight is 228 g/mol. The number of carbonyl (C=O) groups is 1. The van der Waals surface area contributed by atoms with Crippen LogP contribution in [0.15, 0.2) is 30.3 Å². The lowest BCUT2D eigenvalue weighted by atomic mass is 9.86. The molecule has 1 aromatic rings. The number of benzene rings is 1. The first kappa shape index (κ1) is 11.0. The van der Waals surface area contributed by atoms with Crippen molar-refractivity contribution in [3.8, 4) is 0 Å². The van der Waals surface area contributed by atoms with Crippen LogP contribution in [0.5, 0.6) is 0 Å². The Hall–Kier alpha value is -1.11. The van der Waals surface area contributed by atoms with Gasteiger partial charge in [0.1, 0.15) is 5.78 Å². The Morgan fingerprint density at radius 2 is 1.76 bits per heavy atom. The molecule has 0 amide bonds. The molecule has 2 aliphatic carbocycles. The SMILES string of the molecule is O=C(CC1CCCC1)C1(c2ccccc2)CC1. The van der Waals surface area contributed by atoms with Crippen LogP contribution in [-0.2, 0) is 10.2 Å². The van der Waals surface area contributed by atoms with Gasteiger partial charge in [-0.2, -0.15) is 0 Å². The van der Waals surface area contributed by atoms with Crippen molar-refractivity contribution in [2.75, 3.05) is 0 Å². The number of hydrogen-bond acceptors (Lipinski definition) is 1. The molecule has 0 atom stereocenters. The Bertz CT molecular complexity index is 397. The van der Waals surface area contributed by atoms with Crippen LogP contribution >= 0.6 is 0 Å². The van der Waals surface area contributed by atoms with Gasteiger partial charge in [0.2, 0.25) is 0 Å². The molecule has 0 unspecified atom stereocenters. The van der Waals surface area contributed by atoms with Gasteiger partial charge in [-0.1, -0.05) is 56.0 Å². The van der Waals surface area contributed by atoms with Crippen molar-refractivity contribution < 1.29 is 4.79 Å². The number of carbonyl (C=O) groups excluding carboxylic acids is 1. The lowest BCUT2D eigenvalue weighted by Crippen LogP contribution is -2.22. The van der Waals surface area contributed by atoms with Gasteiger partial charge in [0.05, 0.1) is 5.41 Å². The standard InChI is InChI=1S/C16H20O/c17-15(12-13-6-4-5-7-13)16(10-11-16)14-8-2-1-3-9-14/h1-3,8-9,13H,4-7,10-12H2. The van der Waals surface area contributed by atoms with Crippen LogP contribution in [0.3, 0.4) is 0 Å². The molecule has 1 aromatic carbocycles. The number of Topliss-reactive ketones (excluding diaryl/α,β-unsaturated/α-hetero) is 1. The molecular weight excluding hydrogens is 208 g/mol. The van der Waals surface area contributed by atoms with Crippen LogP contribution in [0.1, 0.15) is 50.5 Å². The smallest absolute Gasteiger partial charge is 0.143 e. The summed E-state index contributed by atoms with van der Waals surface area (Å²) in [5.41, 5.74) is 1.17. The van der Waals surface area contributed by atoms with Crippen LogP contribution in [0, 0.1) is 5.92 Å². The van der Waals surface area contributed by atoms with E-state index >= 15 is 0 Å². The van der Waals surface area contributed by atoms with Gasteiger partial charge in [0.25, 0.3) is 0 Å². The molecule has 17 heavy (non-hydrogen) atoms. The molecule has 0 aromatic heterocycles. The van der Waals surface area contributed by atoms with Gasteiger partial charge >= 0.3 is 0 Å². The molecule has 0 radical (unpaired) electrons. The van der Waals surface area contributed by atoms with Gasteiger partial charge in [-0.15, -0.1) is 0 Å². The van der Waals surface area contributed by atoms with Crippen molar-refractivity contribution in [2.45, 2.75) is 50.4 Å². The highest BCUT2D eigenvalue weighted by atomic mass is 16.1. The predicted molar refractivity (Wildman–Crippen MR) is 68.9 cm³/mol. The molecule has 0 bridgehead atoms. The fraction of sp³-hybridized carbons (Fsp3) is 0.562. The normalized spacial score (nSPS) is 22.6. The molecule has 2 fully saturated rings. The zero-order valence-electron chi connectivity index (χ0n) is 10.3. The highest BCUT2D eigenvalue weighted by molar-refractivity contribution is 5.93. The molecule has 0 heterocycles. The highest BCUT2D eigenvalue weighted by Crippen LogP contribution is 2.50. The minimum atomic E-state index is -0.0795.